The number of aromatic nitrogens is 3. The fourth-order valence-corrected chi connectivity index (χ4v) is 10.00. The fraction of sp³-hybridized carbons (Fsp3) is 0.643. The first kappa shape index (κ1) is 36.8. The average molecular weight is 699 g/mol. The maximum Gasteiger partial charge on any atom is 0.231 e. The lowest BCUT2D eigenvalue weighted by molar-refractivity contribution is -0.124. The van der Waals surface area contributed by atoms with Crippen LogP contribution >= 0.6 is 0 Å². The van der Waals surface area contributed by atoms with E-state index in [4.69, 9.17) is 14.1 Å². The summed E-state index contributed by atoms with van der Waals surface area (Å²) in [6, 6.07) is 11.0. The number of methoxy groups -OCH3 is 1. The third-order valence-corrected chi connectivity index (χ3v) is 17.6. The molecule has 4 fully saturated rings. The van der Waals surface area contributed by atoms with Crippen LogP contribution in [-0.4, -0.2) is 48.7 Å². The molecule has 0 saturated heterocycles. The Morgan fingerprint density at radius 2 is 1.60 bits per heavy atom. The van der Waals surface area contributed by atoms with E-state index in [1.54, 1.807) is 7.11 Å². The van der Waals surface area contributed by atoms with Gasteiger partial charge in [0.2, 0.25) is 5.91 Å². The van der Waals surface area contributed by atoms with E-state index in [-0.39, 0.29) is 39.3 Å². The lowest BCUT2D eigenvalue weighted by Crippen LogP contribution is -2.52. The quantitative estimate of drug-likeness (QED) is 0.208. The number of aryl methyl sites for hydroxylation is 1. The van der Waals surface area contributed by atoms with Crippen LogP contribution in [0.5, 0.6) is 5.75 Å². The zero-order chi connectivity index (χ0) is 36.1. The van der Waals surface area contributed by atoms with Crippen molar-refractivity contribution in [1.82, 2.24) is 14.8 Å². The summed E-state index contributed by atoms with van der Waals surface area (Å²) in [5.74, 6) is 1.97. The molecule has 272 valence electrons. The molecule has 7 nitrogen and oxygen atoms in total. The van der Waals surface area contributed by atoms with Crippen molar-refractivity contribution < 1.29 is 14.0 Å². The number of benzene rings is 1. The van der Waals surface area contributed by atoms with Crippen LogP contribution in [0.4, 0.5) is 5.82 Å². The molecule has 0 unspecified atom stereocenters. The normalized spacial score (nSPS) is 25.8. The summed E-state index contributed by atoms with van der Waals surface area (Å²) >= 11 is 0. The molecule has 4 aliphatic rings. The minimum Gasteiger partial charge on any atom is -0.496 e. The Morgan fingerprint density at radius 1 is 0.940 bits per heavy atom. The topological polar surface area (TPSA) is 69.5 Å². The van der Waals surface area contributed by atoms with Gasteiger partial charge in [-0.05, 0) is 156 Å². The molecule has 2 bridgehead atoms. The van der Waals surface area contributed by atoms with Crippen molar-refractivity contribution in [3.63, 3.8) is 0 Å². The van der Waals surface area contributed by atoms with Gasteiger partial charge in [-0.2, -0.15) is 5.10 Å². The van der Waals surface area contributed by atoms with Gasteiger partial charge in [-0.1, -0.05) is 32.9 Å². The highest BCUT2D eigenvalue weighted by molar-refractivity contribution is 6.74. The first-order chi connectivity index (χ1) is 23.4. The highest BCUT2D eigenvalue weighted by Gasteiger charge is 2.51. The van der Waals surface area contributed by atoms with Gasteiger partial charge in [-0.25, -0.2) is 4.98 Å². The Bertz CT molecular complexity index is 1650. The van der Waals surface area contributed by atoms with E-state index in [1.165, 1.54) is 11.1 Å². The van der Waals surface area contributed by atoms with Gasteiger partial charge < -0.3 is 9.16 Å². The highest BCUT2D eigenvalue weighted by atomic mass is 28.4. The molecule has 0 radical (unpaired) electrons. The number of anilines is 1. The Hall–Kier alpha value is -2.97. The van der Waals surface area contributed by atoms with Crippen molar-refractivity contribution in [2.24, 2.45) is 11.3 Å². The average Bonchev–Trinajstić information content (AvgIpc) is 3.59. The number of hydrogen-bond donors (Lipinski definition) is 0. The van der Waals surface area contributed by atoms with E-state index in [1.807, 2.05) is 23.1 Å². The van der Waals surface area contributed by atoms with E-state index < -0.39 is 8.32 Å². The number of amides is 1. The number of ether oxygens (including phenoxy) is 1. The van der Waals surface area contributed by atoms with Crippen molar-refractivity contribution in [3.05, 3.63) is 60.0 Å². The third-order valence-electron chi connectivity index (χ3n) is 13.1. The Labute approximate surface area is 302 Å². The molecule has 0 N–H and O–H groups in total. The molecule has 0 spiro atoms. The molecule has 4 saturated carbocycles. The van der Waals surface area contributed by atoms with E-state index in [0.29, 0.717) is 0 Å². The molecule has 0 aliphatic heterocycles. The molecule has 50 heavy (non-hydrogen) atoms. The fourth-order valence-electron chi connectivity index (χ4n) is 8.57. The van der Waals surface area contributed by atoms with Crippen LogP contribution in [0.1, 0.15) is 117 Å². The number of carbonyl (C=O) groups excluding carboxylic acids is 1. The van der Waals surface area contributed by atoms with Gasteiger partial charge in [-0.3, -0.25) is 14.4 Å². The smallest absolute Gasteiger partial charge is 0.231 e. The van der Waals surface area contributed by atoms with Crippen molar-refractivity contribution in [3.8, 4) is 16.9 Å². The van der Waals surface area contributed by atoms with E-state index in [2.05, 4.69) is 102 Å². The summed E-state index contributed by atoms with van der Waals surface area (Å²) < 4.78 is 14.4. The number of carbonyl (C=O) groups is 1. The number of nitrogens with zero attached hydrogens (tertiary/aromatic N) is 4. The number of fused-ring (bicyclic) bond motifs is 3. The van der Waals surface area contributed by atoms with E-state index in [0.717, 1.165) is 93.4 Å². The summed E-state index contributed by atoms with van der Waals surface area (Å²) in [6.07, 6.45) is 16.7. The Balaban J connectivity index is 1.24. The standard InChI is InChI=1S/C42H62N4O3Si/c1-30-25-34(13-16-36(30)48-8)42-21-18-41(19-22-42,20-23-42)29-45(37-26-32(17-24-43-37)33-27-44-46(28-33)39(2,3)4)38(47)31-11-14-35(15-12-31)49-50(9,10)40(5,6)7/h13,16-17,24-28,31,35H,11-12,14-15,18-23,29H2,1-10H3. The molecule has 8 heteroatoms. The van der Waals surface area contributed by atoms with Gasteiger partial charge in [0.15, 0.2) is 8.32 Å². The molecule has 7 rings (SSSR count). The summed E-state index contributed by atoms with van der Waals surface area (Å²) in [4.78, 5) is 21.8. The number of pyridine rings is 1. The predicted octanol–water partition coefficient (Wildman–Crippen LogP) is 10.2. The first-order valence-electron chi connectivity index (χ1n) is 19.1. The minimum atomic E-state index is -1.86. The Morgan fingerprint density at radius 3 is 2.16 bits per heavy atom. The van der Waals surface area contributed by atoms with Gasteiger partial charge in [0.25, 0.3) is 0 Å². The summed E-state index contributed by atoms with van der Waals surface area (Å²) in [5.41, 5.74) is 4.99. The van der Waals surface area contributed by atoms with Crippen LogP contribution in [0.15, 0.2) is 48.9 Å². The second kappa shape index (κ2) is 13.5. The summed E-state index contributed by atoms with van der Waals surface area (Å²) in [7, 11) is -0.111. The molecule has 1 amide bonds. The molecule has 2 aromatic heterocycles. The maximum absolute atomic E-state index is 14.8. The first-order valence-corrected chi connectivity index (χ1v) is 22.0. The molecular formula is C42H62N4O3Si. The van der Waals surface area contributed by atoms with Crippen LogP contribution in [-0.2, 0) is 20.2 Å². The van der Waals surface area contributed by atoms with Crippen molar-refractivity contribution in [2.75, 3.05) is 18.6 Å². The SMILES string of the molecule is COc1ccc(C23CCC(CN(C(=O)C4CCC(O[Si](C)(C)C(C)(C)C)CC4)c4cc(-c5cnn(C(C)(C)C)c5)ccn4)(CC2)CC3)cc1C. The van der Waals surface area contributed by atoms with Gasteiger partial charge in [0.05, 0.1) is 18.8 Å². The monoisotopic (exact) mass is 698 g/mol. The molecule has 0 atom stereocenters. The lowest BCUT2D eigenvalue weighted by Gasteiger charge is -2.55. The molecule has 1 aromatic carbocycles. The molecule has 2 heterocycles. The summed E-state index contributed by atoms with van der Waals surface area (Å²) in [6.45, 7) is 21.0. The second-order valence-corrected chi connectivity index (χ2v) is 23.2. The van der Waals surface area contributed by atoms with E-state index >= 15 is 0 Å². The van der Waals surface area contributed by atoms with E-state index in [9.17, 15) is 4.79 Å². The van der Waals surface area contributed by atoms with Crippen LogP contribution < -0.4 is 9.64 Å². The molecule has 3 aromatic rings. The summed E-state index contributed by atoms with van der Waals surface area (Å²) in [5, 5.41) is 4.84. The van der Waals surface area contributed by atoms with Crippen LogP contribution in [0.3, 0.4) is 0 Å². The lowest BCUT2D eigenvalue weighted by atomic mass is 9.51. The van der Waals surface area contributed by atoms with Crippen molar-refractivity contribution in [1.29, 1.82) is 0 Å². The Kier molecular flexibility index (Phi) is 9.96. The number of rotatable bonds is 9. The van der Waals surface area contributed by atoms with Gasteiger partial charge in [0, 0.05) is 36.5 Å². The number of hydrogen-bond acceptors (Lipinski definition) is 5. The second-order valence-electron chi connectivity index (χ2n) is 18.5. The van der Waals surface area contributed by atoms with Crippen molar-refractivity contribution in [2.45, 2.75) is 148 Å². The van der Waals surface area contributed by atoms with Crippen LogP contribution in [0, 0.1) is 18.3 Å². The largest absolute Gasteiger partial charge is 0.496 e. The van der Waals surface area contributed by atoms with Crippen molar-refractivity contribution >= 4 is 20.0 Å². The minimum absolute atomic E-state index is 0.00620. The van der Waals surface area contributed by atoms with Gasteiger partial charge in [0.1, 0.15) is 11.6 Å². The highest BCUT2D eigenvalue weighted by Crippen LogP contribution is 2.58. The maximum atomic E-state index is 14.8. The molecular weight excluding hydrogens is 637 g/mol. The zero-order valence-corrected chi connectivity index (χ0v) is 33.6. The predicted molar refractivity (Wildman–Crippen MR) is 206 cm³/mol. The molecule has 4 aliphatic carbocycles. The third kappa shape index (κ3) is 7.34. The van der Waals surface area contributed by atoms with Gasteiger partial charge >= 0.3 is 0 Å². The van der Waals surface area contributed by atoms with Crippen LogP contribution in [0.25, 0.3) is 11.1 Å². The zero-order valence-electron chi connectivity index (χ0n) is 32.6. The van der Waals surface area contributed by atoms with Crippen LogP contribution in [0.2, 0.25) is 18.1 Å². The van der Waals surface area contributed by atoms with Gasteiger partial charge in [-0.15, -0.1) is 0 Å².